The van der Waals surface area contributed by atoms with Crippen LogP contribution in [0.2, 0.25) is 0 Å². The van der Waals surface area contributed by atoms with E-state index in [1.165, 1.54) is 0 Å². The van der Waals surface area contributed by atoms with Crippen molar-refractivity contribution in [1.82, 2.24) is 5.32 Å². The van der Waals surface area contributed by atoms with Gasteiger partial charge in [-0.15, -0.1) is 0 Å². The molecule has 4 nitrogen and oxygen atoms in total. The average Bonchev–Trinajstić information content (AvgIpc) is 2.67. The van der Waals surface area contributed by atoms with Gasteiger partial charge in [0.05, 0.1) is 19.1 Å². The molecule has 4 heteroatoms. The van der Waals surface area contributed by atoms with Gasteiger partial charge >= 0.3 is 5.97 Å². The maximum absolute atomic E-state index is 11.2. The highest BCUT2D eigenvalue weighted by Gasteiger charge is 2.12. The molecule has 1 aromatic heterocycles. The Bertz CT molecular complexity index is 269. The highest BCUT2D eigenvalue weighted by molar-refractivity contribution is 5.75. The predicted octanol–water partition coefficient (Wildman–Crippen LogP) is 1.32. The zero-order valence-corrected chi connectivity index (χ0v) is 8.45. The highest BCUT2D eigenvalue weighted by Crippen LogP contribution is 1.99. The van der Waals surface area contributed by atoms with Gasteiger partial charge in [0.15, 0.2) is 0 Å². The van der Waals surface area contributed by atoms with E-state index in [4.69, 9.17) is 9.15 Å². The minimum atomic E-state index is -0.287. The van der Waals surface area contributed by atoms with Crippen LogP contribution in [0.25, 0.3) is 0 Å². The lowest BCUT2D eigenvalue weighted by Crippen LogP contribution is -2.34. The Hall–Kier alpha value is -1.29. The Kier molecular flexibility index (Phi) is 4.19. The van der Waals surface area contributed by atoms with Crippen molar-refractivity contribution in [2.24, 2.45) is 0 Å². The Balaban J connectivity index is 2.27. The van der Waals surface area contributed by atoms with Crippen LogP contribution in [0.15, 0.2) is 23.0 Å². The number of ether oxygens (including phenoxy) is 1. The largest absolute Gasteiger partial charge is 0.472 e. The van der Waals surface area contributed by atoms with Crippen LogP contribution in [-0.4, -0.2) is 18.6 Å². The monoisotopic (exact) mass is 197 g/mol. The van der Waals surface area contributed by atoms with Crippen molar-refractivity contribution < 1.29 is 13.9 Å². The summed E-state index contributed by atoms with van der Waals surface area (Å²) >= 11 is 0. The normalized spacial score (nSPS) is 12.4. The fourth-order valence-electron chi connectivity index (χ4n) is 1.01. The molecule has 78 valence electrons. The second-order valence-electron chi connectivity index (χ2n) is 2.99. The molecule has 0 aliphatic rings. The van der Waals surface area contributed by atoms with Gasteiger partial charge in [-0.25, -0.2) is 0 Å². The molecule has 0 fully saturated rings. The maximum Gasteiger partial charge on any atom is 0.322 e. The molecular formula is C10H15NO3. The van der Waals surface area contributed by atoms with Crippen molar-refractivity contribution in [3.8, 4) is 0 Å². The summed E-state index contributed by atoms with van der Waals surface area (Å²) in [5, 5.41) is 3.04. The van der Waals surface area contributed by atoms with Crippen LogP contribution in [-0.2, 0) is 16.1 Å². The number of carbonyl (C=O) groups excluding carboxylic acids is 1. The smallest absolute Gasteiger partial charge is 0.322 e. The van der Waals surface area contributed by atoms with Crippen molar-refractivity contribution >= 4 is 5.97 Å². The Morgan fingerprint density at radius 2 is 2.50 bits per heavy atom. The lowest BCUT2D eigenvalue weighted by Gasteiger charge is -2.11. The van der Waals surface area contributed by atoms with E-state index in [0.717, 1.165) is 5.56 Å². The van der Waals surface area contributed by atoms with E-state index in [1.807, 2.05) is 6.07 Å². The summed E-state index contributed by atoms with van der Waals surface area (Å²) in [4.78, 5) is 11.2. The van der Waals surface area contributed by atoms with E-state index in [0.29, 0.717) is 13.2 Å². The minimum absolute atomic E-state index is 0.226. The van der Waals surface area contributed by atoms with E-state index < -0.39 is 0 Å². The molecule has 1 unspecified atom stereocenters. The number of rotatable bonds is 5. The van der Waals surface area contributed by atoms with Crippen LogP contribution in [0.5, 0.6) is 0 Å². The van der Waals surface area contributed by atoms with Crippen molar-refractivity contribution in [1.29, 1.82) is 0 Å². The molecule has 0 amide bonds. The number of furan rings is 1. The molecule has 1 rings (SSSR count). The van der Waals surface area contributed by atoms with E-state index in [1.54, 1.807) is 26.4 Å². The Morgan fingerprint density at radius 3 is 3.07 bits per heavy atom. The quantitative estimate of drug-likeness (QED) is 0.723. The molecule has 1 N–H and O–H groups in total. The third-order valence-electron chi connectivity index (χ3n) is 1.83. The van der Waals surface area contributed by atoms with Crippen LogP contribution < -0.4 is 5.32 Å². The second-order valence-corrected chi connectivity index (χ2v) is 2.99. The van der Waals surface area contributed by atoms with Crippen LogP contribution >= 0.6 is 0 Å². The summed E-state index contributed by atoms with van der Waals surface area (Å²) in [6, 6.07) is 1.56. The highest BCUT2D eigenvalue weighted by atomic mass is 16.5. The minimum Gasteiger partial charge on any atom is -0.472 e. The molecule has 1 heterocycles. The molecule has 0 saturated heterocycles. The van der Waals surface area contributed by atoms with Gasteiger partial charge in [-0.3, -0.25) is 4.79 Å². The zero-order valence-electron chi connectivity index (χ0n) is 8.45. The van der Waals surface area contributed by atoms with Crippen LogP contribution in [0.4, 0.5) is 0 Å². The first-order valence-corrected chi connectivity index (χ1v) is 4.65. The molecule has 0 aromatic carbocycles. The Labute approximate surface area is 83.2 Å². The molecule has 14 heavy (non-hydrogen) atoms. The number of carbonyl (C=O) groups is 1. The number of hydrogen-bond donors (Lipinski definition) is 1. The molecule has 0 spiro atoms. The summed E-state index contributed by atoms with van der Waals surface area (Å²) in [5.41, 5.74) is 1.01. The first kappa shape index (κ1) is 10.8. The van der Waals surface area contributed by atoms with E-state index >= 15 is 0 Å². The number of nitrogens with one attached hydrogen (secondary N) is 1. The lowest BCUT2D eigenvalue weighted by atomic mass is 10.3. The molecule has 0 bridgehead atoms. The van der Waals surface area contributed by atoms with E-state index in [2.05, 4.69) is 5.32 Å². The van der Waals surface area contributed by atoms with Gasteiger partial charge in [-0.05, 0) is 19.9 Å². The van der Waals surface area contributed by atoms with Crippen LogP contribution in [0.1, 0.15) is 19.4 Å². The van der Waals surface area contributed by atoms with Gasteiger partial charge in [-0.1, -0.05) is 0 Å². The lowest BCUT2D eigenvalue weighted by molar-refractivity contribution is -0.145. The molecule has 1 atom stereocenters. The van der Waals surface area contributed by atoms with Crippen LogP contribution in [0.3, 0.4) is 0 Å². The standard InChI is InChI=1S/C10H15NO3/c1-3-14-10(12)8(2)11-6-9-4-5-13-7-9/h4-5,7-8,11H,3,6H2,1-2H3. The number of hydrogen-bond acceptors (Lipinski definition) is 4. The van der Waals surface area contributed by atoms with Gasteiger partial charge in [0, 0.05) is 12.1 Å². The molecular weight excluding hydrogens is 182 g/mol. The second kappa shape index (κ2) is 5.44. The molecule has 0 radical (unpaired) electrons. The van der Waals surface area contributed by atoms with Gasteiger partial charge in [-0.2, -0.15) is 0 Å². The van der Waals surface area contributed by atoms with E-state index in [-0.39, 0.29) is 12.0 Å². The fourth-order valence-corrected chi connectivity index (χ4v) is 1.01. The fraction of sp³-hybridized carbons (Fsp3) is 0.500. The topological polar surface area (TPSA) is 51.5 Å². The average molecular weight is 197 g/mol. The first-order chi connectivity index (χ1) is 6.74. The van der Waals surface area contributed by atoms with Gasteiger partial charge in [0.1, 0.15) is 6.04 Å². The predicted molar refractivity (Wildman–Crippen MR) is 51.6 cm³/mol. The summed E-state index contributed by atoms with van der Waals surface area (Å²) < 4.78 is 9.75. The first-order valence-electron chi connectivity index (χ1n) is 4.65. The van der Waals surface area contributed by atoms with Crippen molar-refractivity contribution in [3.05, 3.63) is 24.2 Å². The summed E-state index contributed by atoms with van der Waals surface area (Å²) in [6.07, 6.45) is 3.25. The molecule has 0 aliphatic heterocycles. The molecule has 0 saturated carbocycles. The van der Waals surface area contributed by atoms with Gasteiger partial charge in [0.25, 0.3) is 0 Å². The summed E-state index contributed by atoms with van der Waals surface area (Å²) in [5.74, 6) is -0.226. The third kappa shape index (κ3) is 3.22. The van der Waals surface area contributed by atoms with Gasteiger partial charge in [0.2, 0.25) is 0 Å². The SMILES string of the molecule is CCOC(=O)C(C)NCc1ccoc1. The van der Waals surface area contributed by atoms with Crippen LogP contribution in [0, 0.1) is 0 Å². The van der Waals surface area contributed by atoms with Crippen molar-refractivity contribution in [3.63, 3.8) is 0 Å². The summed E-state index contributed by atoms with van der Waals surface area (Å²) in [7, 11) is 0. The molecule has 0 aliphatic carbocycles. The number of esters is 1. The van der Waals surface area contributed by atoms with E-state index in [9.17, 15) is 4.79 Å². The third-order valence-corrected chi connectivity index (χ3v) is 1.83. The maximum atomic E-state index is 11.2. The van der Waals surface area contributed by atoms with Gasteiger partial charge < -0.3 is 14.5 Å². The zero-order chi connectivity index (χ0) is 10.4. The summed E-state index contributed by atoms with van der Waals surface area (Å²) in [6.45, 7) is 4.59. The molecule has 1 aromatic rings. The van der Waals surface area contributed by atoms with Crippen molar-refractivity contribution in [2.45, 2.75) is 26.4 Å². The van der Waals surface area contributed by atoms with Crippen molar-refractivity contribution in [2.75, 3.05) is 6.61 Å². The Morgan fingerprint density at radius 1 is 1.71 bits per heavy atom.